The van der Waals surface area contributed by atoms with Crippen LogP contribution in [0.25, 0.3) is 0 Å². The van der Waals surface area contributed by atoms with Crippen LogP contribution >= 0.6 is 0 Å². The Morgan fingerprint density at radius 3 is 2.20 bits per heavy atom. The zero-order valence-corrected chi connectivity index (χ0v) is 22.6. The predicted molar refractivity (Wildman–Crippen MR) is 142 cm³/mol. The molecule has 0 bridgehead atoms. The number of benzene rings is 2. The minimum absolute atomic E-state index is 0.0125. The SMILES string of the molecule is CC[C@@H](C)NC(=O)[C@@H](C)N(Cc1cccc(C)c1)C(=O)CCCN(c1cccc(C)c1)S(C)(=O)=O. The highest BCUT2D eigenvalue weighted by Crippen LogP contribution is 2.20. The van der Waals surface area contributed by atoms with Gasteiger partial charge < -0.3 is 10.2 Å². The lowest BCUT2D eigenvalue weighted by Crippen LogP contribution is -2.49. The van der Waals surface area contributed by atoms with Crippen LogP contribution in [0.3, 0.4) is 0 Å². The van der Waals surface area contributed by atoms with E-state index >= 15 is 0 Å². The van der Waals surface area contributed by atoms with E-state index in [-0.39, 0.29) is 30.8 Å². The molecule has 2 aromatic rings. The van der Waals surface area contributed by atoms with Gasteiger partial charge in [0.1, 0.15) is 6.04 Å². The Bertz CT molecular complexity index is 1120. The van der Waals surface area contributed by atoms with E-state index in [2.05, 4.69) is 5.32 Å². The largest absolute Gasteiger partial charge is 0.352 e. The fourth-order valence-electron chi connectivity index (χ4n) is 3.84. The van der Waals surface area contributed by atoms with E-state index in [1.165, 1.54) is 10.6 Å². The highest BCUT2D eigenvalue weighted by atomic mass is 32.2. The van der Waals surface area contributed by atoms with Crippen molar-refractivity contribution in [3.8, 4) is 0 Å². The van der Waals surface area contributed by atoms with Crippen LogP contribution in [0.1, 0.15) is 56.7 Å². The summed E-state index contributed by atoms with van der Waals surface area (Å²) in [6.07, 6.45) is 2.43. The van der Waals surface area contributed by atoms with Crippen molar-refractivity contribution in [2.24, 2.45) is 0 Å². The minimum atomic E-state index is -3.51. The lowest BCUT2D eigenvalue weighted by molar-refractivity contribution is -0.140. The van der Waals surface area contributed by atoms with Crippen molar-refractivity contribution in [1.82, 2.24) is 10.2 Å². The Balaban J connectivity index is 2.17. The van der Waals surface area contributed by atoms with Gasteiger partial charge in [0.2, 0.25) is 21.8 Å². The molecule has 8 heteroatoms. The van der Waals surface area contributed by atoms with Crippen LogP contribution in [0.2, 0.25) is 0 Å². The maximum Gasteiger partial charge on any atom is 0.242 e. The van der Waals surface area contributed by atoms with Crippen LogP contribution in [-0.4, -0.2) is 50.0 Å². The number of rotatable bonds is 12. The molecule has 2 aromatic carbocycles. The first-order valence-electron chi connectivity index (χ1n) is 12.1. The molecule has 0 aliphatic carbocycles. The molecule has 0 fully saturated rings. The Morgan fingerprint density at radius 2 is 1.63 bits per heavy atom. The third-order valence-corrected chi connectivity index (χ3v) is 7.24. The van der Waals surface area contributed by atoms with E-state index in [9.17, 15) is 18.0 Å². The summed E-state index contributed by atoms with van der Waals surface area (Å²) in [5.41, 5.74) is 3.56. The summed E-state index contributed by atoms with van der Waals surface area (Å²) in [6.45, 7) is 10.0. The van der Waals surface area contributed by atoms with Gasteiger partial charge in [-0.2, -0.15) is 0 Å². The van der Waals surface area contributed by atoms with Gasteiger partial charge in [-0.3, -0.25) is 13.9 Å². The van der Waals surface area contributed by atoms with Crippen LogP contribution < -0.4 is 9.62 Å². The topological polar surface area (TPSA) is 86.8 Å². The fraction of sp³-hybridized carbons (Fsp3) is 0.481. The third kappa shape index (κ3) is 8.69. The number of amides is 2. The minimum Gasteiger partial charge on any atom is -0.352 e. The summed E-state index contributed by atoms with van der Waals surface area (Å²) in [7, 11) is -3.51. The van der Waals surface area contributed by atoms with E-state index in [1.807, 2.05) is 70.2 Å². The Labute approximate surface area is 210 Å². The summed E-state index contributed by atoms with van der Waals surface area (Å²) in [5.74, 6) is -0.381. The number of hydrogen-bond acceptors (Lipinski definition) is 4. The second kappa shape index (κ2) is 12.7. The van der Waals surface area contributed by atoms with E-state index < -0.39 is 16.1 Å². The van der Waals surface area contributed by atoms with Crippen LogP contribution in [0.4, 0.5) is 5.69 Å². The van der Waals surface area contributed by atoms with Crippen molar-refractivity contribution >= 4 is 27.5 Å². The molecule has 0 heterocycles. The molecule has 1 N–H and O–H groups in total. The average Bonchev–Trinajstić information content (AvgIpc) is 2.78. The number of aryl methyl sites for hydroxylation is 2. The quantitative estimate of drug-likeness (QED) is 0.473. The molecule has 0 aromatic heterocycles. The maximum absolute atomic E-state index is 13.3. The standard InChI is InChI=1S/C27H39N3O4S/c1-7-22(4)28-27(32)23(5)29(19-24-13-8-11-20(2)17-24)26(31)15-10-16-30(35(6,33)34)25-14-9-12-21(3)18-25/h8-9,11-14,17-18,22-23H,7,10,15-16,19H2,1-6H3,(H,28,32)/t22-,23-/m1/s1. The molecule has 0 unspecified atom stereocenters. The monoisotopic (exact) mass is 501 g/mol. The molecule has 192 valence electrons. The van der Waals surface area contributed by atoms with Gasteiger partial charge in [0.25, 0.3) is 0 Å². The van der Waals surface area contributed by atoms with Gasteiger partial charge in [-0.1, -0.05) is 48.9 Å². The maximum atomic E-state index is 13.3. The molecule has 2 rings (SSSR count). The van der Waals surface area contributed by atoms with Crippen LogP contribution in [0, 0.1) is 13.8 Å². The zero-order valence-electron chi connectivity index (χ0n) is 21.7. The van der Waals surface area contributed by atoms with Gasteiger partial charge in [0.05, 0.1) is 11.9 Å². The molecule has 0 saturated carbocycles. The summed E-state index contributed by atoms with van der Waals surface area (Å²) >= 11 is 0. The molecule has 0 radical (unpaired) electrons. The lowest BCUT2D eigenvalue weighted by Gasteiger charge is -2.30. The smallest absolute Gasteiger partial charge is 0.242 e. The van der Waals surface area contributed by atoms with Crippen molar-refractivity contribution in [1.29, 1.82) is 0 Å². The first-order valence-corrected chi connectivity index (χ1v) is 14.0. The number of carbonyl (C=O) groups is 2. The van der Waals surface area contributed by atoms with Gasteiger partial charge in [0.15, 0.2) is 0 Å². The molecule has 0 saturated heterocycles. The summed E-state index contributed by atoms with van der Waals surface area (Å²) in [4.78, 5) is 27.8. The number of hydrogen-bond donors (Lipinski definition) is 1. The van der Waals surface area contributed by atoms with Gasteiger partial charge in [-0.15, -0.1) is 0 Å². The fourth-order valence-corrected chi connectivity index (χ4v) is 4.80. The predicted octanol–water partition coefficient (Wildman–Crippen LogP) is 4.18. The normalized spacial score (nSPS) is 13.1. The number of sulfonamides is 1. The molecule has 0 aliphatic rings. The molecular weight excluding hydrogens is 462 g/mol. The van der Waals surface area contributed by atoms with Crippen molar-refractivity contribution < 1.29 is 18.0 Å². The zero-order chi connectivity index (χ0) is 26.2. The van der Waals surface area contributed by atoms with E-state index in [0.717, 1.165) is 23.1 Å². The van der Waals surface area contributed by atoms with Crippen molar-refractivity contribution in [3.05, 3.63) is 65.2 Å². The molecule has 35 heavy (non-hydrogen) atoms. The van der Waals surface area contributed by atoms with Gasteiger partial charge in [0, 0.05) is 25.6 Å². The molecule has 0 spiro atoms. The Kier molecular flexibility index (Phi) is 10.3. The lowest BCUT2D eigenvalue weighted by atomic mass is 10.1. The van der Waals surface area contributed by atoms with E-state index in [4.69, 9.17) is 0 Å². The molecule has 2 atom stereocenters. The third-order valence-electron chi connectivity index (χ3n) is 6.05. The van der Waals surface area contributed by atoms with Gasteiger partial charge >= 0.3 is 0 Å². The Hall–Kier alpha value is -2.87. The van der Waals surface area contributed by atoms with Crippen molar-refractivity contribution in [2.45, 2.75) is 72.5 Å². The number of anilines is 1. The van der Waals surface area contributed by atoms with Crippen molar-refractivity contribution in [2.75, 3.05) is 17.1 Å². The van der Waals surface area contributed by atoms with Crippen LogP contribution in [-0.2, 0) is 26.2 Å². The summed E-state index contributed by atoms with van der Waals surface area (Å²) in [5, 5.41) is 2.96. The first-order chi connectivity index (χ1) is 16.4. The second-order valence-corrected chi connectivity index (χ2v) is 11.2. The van der Waals surface area contributed by atoms with Crippen LogP contribution in [0.15, 0.2) is 48.5 Å². The molecule has 7 nitrogen and oxygen atoms in total. The van der Waals surface area contributed by atoms with Gasteiger partial charge in [-0.25, -0.2) is 8.42 Å². The van der Waals surface area contributed by atoms with E-state index in [0.29, 0.717) is 18.7 Å². The highest BCUT2D eigenvalue weighted by Gasteiger charge is 2.27. The second-order valence-electron chi connectivity index (χ2n) is 9.28. The average molecular weight is 502 g/mol. The summed E-state index contributed by atoms with van der Waals surface area (Å²) < 4.78 is 26.2. The number of nitrogens with zero attached hydrogens (tertiary/aromatic N) is 2. The van der Waals surface area contributed by atoms with Crippen molar-refractivity contribution in [3.63, 3.8) is 0 Å². The first kappa shape index (κ1) is 28.4. The summed E-state index contributed by atoms with van der Waals surface area (Å²) in [6, 6.07) is 14.5. The molecule has 2 amide bonds. The molecule has 0 aliphatic heterocycles. The van der Waals surface area contributed by atoms with E-state index in [1.54, 1.807) is 17.9 Å². The van der Waals surface area contributed by atoms with Gasteiger partial charge in [-0.05, 0) is 63.8 Å². The number of carbonyl (C=O) groups excluding carboxylic acids is 2. The highest BCUT2D eigenvalue weighted by molar-refractivity contribution is 7.92. The number of nitrogens with one attached hydrogen (secondary N) is 1. The van der Waals surface area contributed by atoms with Crippen LogP contribution in [0.5, 0.6) is 0 Å². The Morgan fingerprint density at radius 1 is 1.00 bits per heavy atom. The molecular formula is C27H39N3O4S.